The summed E-state index contributed by atoms with van der Waals surface area (Å²) in [5, 5.41) is 9.88. The minimum Gasteiger partial charge on any atom is -0.203 e. The number of halogens is 4. The first kappa shape index (κ1) is 12.5. The molecule has 0 saturated heterocycles. The predicted molar refractivity (Wildman–Crippen MR) is 62.2 cm³/mol. The van der Waals surface area contributed by atoms with Crippen molar-refractivity contribution < 1.29 is 17.6 Å². The molecule has 0 radical (unpaired) electrons. The summed E-state index contributed by atoms with van der Waals surface area (Å²) < 4.78 is 54.5. The van der Waals surface area contributed by atoms with Gasteiger partial charge in [0.25, 0.3) is 0 Å². The second kappa shape index (κ2) is 4.27. The highest BCUT2D eigenvalue weighted by Crippen LogP contribution is 2.54. The fraction of sp³-hybridized carbons (Fsp3) is 0.308. The molecule has 0 saturated carbocycles. The second-order valence-electron chi connectivity index (χ2n) is 4.60. The largest absolute Gasteiger partial charge is 0.203 e. The van der Waals surface area contributed by atoms with E-state index in [0.29, 0.717) is 6.42 Å². The van der Waals surface area contributed by atoms with Crippen LogP contribution in [0.15, 0.2) is 12.2 Å². The Kier molecular flexibility index (Phi) is 2.82. The van der Waals surface area contributed by atoms with Crippen molar-refractivity contribution in [3.63, 3.8) is 0 Å². The van der Waals surface area contributed by atoms with E-state index in [1.807, 2.05) is 5.40 Å². The van der Waals surface area contributed by atoms with Crippen LogP contribution >= 0.6 is 11.8 Å². The summed E-state index contributed by atoms with van der Waals surface area (Å²) in [6.07, 6.45) is 3.92. The van der Waals surface area contributed by atoms with Crippen molar-refractivity contribution in [1.82, 2.24) is 0 Å². The van der Waals surface area contributed by atoms with Gasteiger partial charge in [0.2, 0.25) is 0 Å². The molecule has 1 aromatic rings. The fourth-order valence-electron chi connectivity index (χ4n) is 2.89. The first-order valence-electron chi connectivity index (χ1n) is 5.65. The van der Waals surface area contributed by atoms with E-state index in [1.165, 1.54) is 0 Å². The van der Waals surface area contributed by atoms with Crippen LogP contribution in [0.3, 0.4) is 0 Å². The lowest BCUT2D eigenvalue weighted by Gasteiger charge is -2.30. The SMILES string of the molecule is N#CSC1c2c(F)c(F)c(F)c(F)c2C2C=CC1C2. The summed E-state index contributed by atoms with van der Waals surface area (Å²) in [6.45, 7) is 0. The molecule has 6 heteroatoms. The Labute approximate surface area is 110 Å². The molecule has 0 aromatic heterocycles. The molecule has 3 unspecified atom stereocenters. The van der Waals surface area contributed by atoms with Crippen LogP contribution < -0.4 is 0 Å². The number of benzene rings is 1. The maximum Gasteiger partial charge on any atom is 0.197 e. The van der Waals surface area contributed by atoms with Gasteiger partial charge in [0.05, 0.1) is 5.25 Å². The Morgan fingerprint density at radius 2 is 1.63 bits per heavy atom. The molecule has 19 heavy (non-hydrogen) atoms. The van der Waals surface area contributed by atoms with Gasteiger partial charge in [0, 0.05) is 17.0 Å². The van der Waals surface area contributed by atoms with Crippen LogP contribution in [0, 0.1) is 39.8 Å². The van der Waals surface area contributed by atoms with Gasteiger partial charge in [-0.3, -0.25) is 0 Å². The average Bonchev–Trinajstić information content (AvgIpc) is 2.82. The van der Waals surface area contributed by atoms with Crippen LogP contribution in [0.2, 0.25) is 0 Å². The smallest absolute Gasteiger partial charge is 0.197 e. The highest BCUT2D eigenvalue weighted by atomic mass is 32.2. The molecule has 1 aromatic carbocycles. The molecule has 3 atom stereocenters. The van der Waals surface area contributed by atoms with E-state index in [0.717, 1.165) is 11.8 Å². The standard InChI is InChI=1S/C13H7F4NS/c14-9-7-5-1-2-6(3-5)13(19-4-18)8(7)10(15)12(17)11(9)16/h1-2,5-6,13H,3H2. The maximum absolute atomic E-state index is 13.9. The molecule has 2 aliphatic carbocycles. The Morgan fingerprint density at radius 1 is 1.00 bits per heavy atom. The van der Waals surface area contributed by atoms with Crippen molar-refractivity contribution in [2.45, 2.75) is 17.6 Å². The zero-order valence-electron chi connectivity index (χ0n) is 9.46. The molecule has 2 aliphatic rings. The van der Waals surface area contributed by atoms with E-state index in [-0.39, 0.29) is 17.0 Å². The molecule has 0 heterocycles. The molecule has 0 fully saturated rings. The van der Waals surface area contributed by atoms with Gasteiger partial charge in [-0.05, 0) is 24.1 Å². The first-order valence-corrected chi connectivity index (χ1v) is 6.53. The van der Waals surface area contributed by atoms with E-state index in [2.05, 4.69) is 0 Å². The number of allylic oxidation sites excluding steroid dienone is 2. The molecule has 0 N–H and O–H groups in total. The molecular formula is C13H7F4NS. The molecule has 0 amide bonds. The summed E-state index contributed by atoms with van der Waals surface area (Å²) in [7, 11) is 0. The van der Waals surface area contributed by atoms with Crippen LogP contribution in [0.25, 0.3) is 0 Å². The van der Waals surface area contributed by atoms with E-state index < -0.39 is 34.4 Å². The topological polar surface area (TPSA) is 23.8 Å². The third-order valence-corrected chi connectivity index (χ3v) is 4.63. The van der Waals surface area contributed by atoms with Crippen molar-refractivity contribution >= 4 is 11.8 Å². The zero-order chi connectivity index (χ0) is 13.7. The highest BCUT2D eigenvalue weighted by Gasteiger charge is 2.43. The molecular weight excluding hydrogens is 278 g/mol. The van der Waals surface area contributed by atoms with Crippen LogP contribution in [0.1, 0.15) is 28.7 Å². The third-order valence-electron chi connectivity index (χ3n) is 3.68. The quantitative estimate of drug-likeness (QED) is 0.254. The van der Waals surface area contributed by atoms with Gasteiger partial charge in [-0.2, -0.15) is 5.26 Å². The highest BCUT2D eigenvalue weighted by molar-refractivity contribution is 8.03. The van der Waals surface area contributed by atoms with Crippen molar-refractivity contribution in [1.29, 1.82) is 5.26 Å². The molecule has 0 aliphatic heterocycles. The summed E-state index contributed by atoms with van der Waals surface area (Å²) in [5.74, 6) is -6.90. The number of nitriles is 1. The maximum atomic E-state index is 13.9. The lowest BCUT2D eigenvalue weighted by atomic mass is 9.80. The average molecular weight is 285 g/mol. The minimum absolute atomic E-state index is 0.144. The molecule has 1 nitrogen and oxygen atoms in total. The van der Waals surface area contributed by atoms with Crippen molar-refractivity contribution in [2.75, 3.05) is 0 Å². The Bertz CT molecular complexity index is 635. The number of thiocyanates is 1. The molecule has 2 bridgehead atoms. The monoisotopic (exact) mass is 285 g/mol. The number of rotatable bonds is 1. The van der Waals surface area contributed by atoms with Gasteiger partial charge < -0.3 is 0 Å². The van der Waals surface area contributed by atoms with Crippen LogP contribution in [-0.2, 0) is 0 Å². The predicted octanol–water partition coefficient (Wildman–Crippen LogP) is 4.17. The van der Waals surface area contributed by atoms with Crippen molar-refractivity contribution in [3.8, 4) is 5.40 Å². The van der Waals surface area contributed by atoms with Gasteiger partial charge in [-0.15, -0.1) is 0 Å². The molecule has 0 spiro atoms. The van der Waals surface area contributed by atoms with Gasteiger partial charge >= 0.3 is 0 Å². The third kappa shape index (κ3) is 1.61. The zero-order valence-corrected chi connectivity index (χ0v) is 10.3. The Morgan fingerprint density at radius 3 is 2.26 bits per heavy atom. The van der Waals surface area contributed by atoms with Gasteiger partial charge in [-0.1, -0.05) is 12.2 Å². The Balaban J connectivity index is 2.31. The fourth-order valence-corrected chi connectivity index (χ4v) is 3.73. The van der Waals surface area contributed by atoms with Crippen LogP contribution in [0.4, 0.5) is 17.6 Å². The summed E-state index contributed by atoms with van der Waals surface area (Å²) in [5.41, 5.74) is -0.344. The van der Waals surface area contributed by atoms with E-state index in [9.17, 15) is 17.6 Å². The minimum atomic E-state index is -1.80. The summed E-state index contributed by atoms with van der Waals surface area (Å²) in [6, 6.07) is 0. The lowest BCUT2D eigenvalue weighted by molar-refractivity contribution is 0.381. The van der Waals surface area contributed by atoms with Crippen molar-refractivity contribution in [2.24, 2.45) is 5.92 Å². The summed E-state index contributed by atoms with van der Waals surface area (Å²) >= 11 is 0.750. The van der Waals surface area contributed by atoms with E-state index in [4.69, 9.17) is 5.26 Å². The summed E-state index contributed by atoms with van der Waals surface area (Å²) in [4.78, 5) is 0. The normalized spacial score (nSPS) is 27.2. The Hall–Kier alpha value is -1.48. The van der Waals surface area contributed by atoms with Gasteiger partial charge in [0.15, 0.2) is 23.3 Å². The van der Waals surface area contributed by atoms with E-state index in [1.54, 1.807) is 12.2 Å². The van der Waals surface area contributed by atoms with Gasteiger partial charge in [-0.25, -0.2) is 17.6 Å². The number of hydrogen-bond donors (Lipinski definition) is 0. The first-order chi connectivity index (χ1) is 9.06. The van der Waals surface area contributed by atoms with Crippen LogP contribution in [-0.4, -0.2) is 0 Å². The lowest BCUT2D eigenvalue weighted by Crippen LogP contribution is -2.21. The van der Waals surface area contributed by atoms with Crippen LogP contribution in [0.5, 0.6) is 0 Å². The van der Waals surface area contributed by atoms with Gasteiger partial charge in [0.1, 0.15) is 5.40 Å². The molecule has 98 valence electrons. The number of thioether (sulfide) groups is 1. The second-order valence-corrected chi connectivity index (χ2v) is 5.53. The van der Waals surface area contributed by atoms with E-state index >= 15 is 0 Å². The number of nitrogens with zero attached hydrogens (tertiary/aromatic N) is 1. The molecule has 3 rings (SSSR count). The number of fused-ring (bicyclic) bond motifs is 4. The van der Waals surface area contributed by atoms with Crippen molar-refractivity contribution in [3.05, 3.63) is 46.5 Å². The number of hydrogen-bond acceptors (Lipinski definition) is 2.